The summed E-state index contributed by atoms with van der Waals surface area (Å²) in [5.74, 6) is 0.327. The highest BCUT2D eigenvalue weighted by Crippen LogP contribution is 2.26. The molecule has 0 spiro atoms. The number of benzene rings is 1. The Hall–Kier alpha value is -3.76. The predicted molar refractivity (Wildman–Crippen MR) is 91.4 cm³/mol. The fourth-order valence-corrected chi connectivity index (χ4v) is 2.48. The summed E-state index contributed by atoms with van der Waals surface area (Å²) >= 11 is 0. The Balaban J connectivity index is 1.50. The lowest BCUT2D eigenvalue weighted by molar-refractivity contribution is 0.116. The van der Waals surface area contributed by atoms with Gasteiger partial charge in [0.05, 0.1) is 23.9 Å². The van der Waals surface area contributed by atoms with Gasteiger partial charge >= 0.3 is 6.43 Å². The number of ether oxygens (including phenoxy) is 1. The lowest BCUT2D eigenvalue weighted by Crippen LogP contribution is -2.05. The van der Waals surface area contributed by atoms with Crippen LogP contribution in [0.5, 0.6) is 5.75 Å². The van der Waals surface area contributed by atoms with Crippen molar-refractivity contribution < 1.29 is 17.9 Å². The maximum Gasteiger partial charge on any atom is 0.314 e. The Labute approximate surface area is 157 Å². The van der Waals surface area contributed by atoms with Crippen LogP contribution in [0.15, 0.2) is 47.0 Å². The summed E-state index contributed by atoms with van der Waals surface area (Å²) in [6.07, 6.45) is -1.36. The molecule has 142 valence electrons. The van der Waals surface area contributed by atoms with Gasteiger partial charge < -0.3 is 9.15 Å². The van der Waals surface area contributed by atoms with Crippen LogP contribution in [0.25, 0.3) is 22.8 Å². The smallest absolute Gasteiger partial charge is 0.314 e. The molecular formula is C17H13F2N7O2. The number of pyridine rings is 1. The van der Waals surface area contributed by atoms with E-state index in [2.05, 4.69) is 30.6 Å². The maximum atomic E-state index is 12.5. The minimum Gasteiger partial charge on any atom is -0.496 e. The molecule has 0 aliphatic rings. The quantitative estimate of drug-likeness (QED) is 0.499. The molecule has 0 saturated heterocycles. The van der Waals surface area contributed by atoms with Crippen LogP contribution < -0.4 is 4.74 Å². The van der Waals surface area contributed by atoms with Crippen LogP contribution >= 0.6 is 0 Å². The van der Waals surface area contributed by atoms with Crippen molar-refractivity contribution in [2.24, 2.45) is 0 Å². The molecule has 3 aromatic heterocycles. The van der Waals surface area contributed by atoms with Crippen molar-refractivity contribution in [3.8, 4) is 28.6 Å². The molecule has 0 bridgehead atoms. The van der Waals surface area contributed by atoms with Crippen molar-refractivity contribution in [3.63, 3.8) is 0 Å². The molecule has 4 aromatic rings. The van der Waals surface area contributed by atoms with Gasteiger partial charge in [0.15, 0.2) is 0 Å². The largest absolute Gasteiger partial charge is 0.496 e. The summed E-state index contributed by atoms with van der Waals surface area (Å²) in [4.78, 5) is 5.65. The second-order valence-electron chi connectivity index (χ2n) is 5.63. The third kappa shape index (κ3) is 3.54. The highest BCUT2D eigenvalue weighted by Gasteiger charge is 2.17. The van der Waals surface area contributed by atoms with Crippen molar-refractivity contribution in [1.29, 1.82) is 0 Å². The molecule has 0 aliphatic carbocycles. The minimum atomic E-state index is -2.82. The monoisotopic (exact) mass is 385 g/mol. The number of nitrogens with zero attached hydrogens (tertiary/aromatic N) is 7. The Kier molecular flexibility index (Phi) is 4.70. The molecule has 0 radical (unpaired) electrons. The molecule has 0 unspecified atom stereocenters. The molecule has 0 atom stereocenters. The van der Waals surface area contributed by atoms with Crippen LogP contribution in [-0.4, -0.2) is 42.5 Å². The molecule has 3 heterocycles. The highest BCUT2D eigenvalue weighted by molar-refractivity contribution is 5.63. The van der Waals surface area contributed by atoms with E-state index in [1.54, 1.807) is 19.2 Å². The Morgan fingerprint density at radius 2 is 1.96 bits per heavy atom. The van der Waals surface area contributed by atoms with E-state index in [1.807, 2.05) is 24.3 Å². The molecular weight excluding hydrogens is 372 g/mol. The van der Waals surface area contributed by atoms with Gasteiger partial charge in [0, 0.05) is 6.20 Å². The van der Waals surface area contributed by atoms with E-state index >= 15 is 0 Å². The zero-order chi connectivity index (χ0) is 19.5. The van der Waals surface area contributed by atoms with Crippen LogP contribution in [0, 0.1) is 0 Å². The van der Waals surface area contributed by atoms with Crippen LogP contribution in [0.4, 0.5) is 8.78 Å². The van der Waals surface area contributed by atoms with Gasteiger partial charge in [-0.25, -0.2) is 0 Å². The number of tetrazole rings is 1. The van der Waals surface area contributed by atoms with E-state index < -0.39 is 12.3 Å². The van der Waals surface area contributed by atoms with Gasteiger partial charge in [-0.05, 0) is 29.5 Å². The van der Waals surface area contributed by atoms with Gasteiger partial charge in [0.1, 0.15) is 12.3 Å². The van der Waals surface area contributed by atoms with Gasteiger partial charge in [0.2, 0.25) is 11.7 Å². The van der Waals surface area contributed by atoms with E-state index in [0.717, 1.165) is 5.56 Å². The fraction of sp³-hybridized carbons (Fsp3) is 0.176. The molecule has 0 fully saturated rings. The van der Waals surface area contributed by atoms with Crippen molar-refractivity contribution in [2.75, 3.05) is 7.11 Å². The standard InChI is InChI=1S/C17H13F2N7O2/c1-27-13-5-3-2-4-12(13)15-21-25-26(24-15)9-11-7-6-10(8-20-11)16-22-23-17(28-16)14(18)19/h2-8,14H,9H2,1H3. The lowest BCUT2D eigenvalue weighted by atomic mass is 10.2. The number of rotatable bonds is 6. The average molecular weight is 385 g/mol. The summed E-state index contributed by atoms with van der Waals surface area (Å²) in [5, 5.41) is 19.3. The van der Waals surface area contributed by atoms with Crippen LogP contribution in [0.2, 0.25) is 0 Å². The molecule has 28 heavy (non-hydrogen) atoms. The Morgan fingerprint density at radius 3 is 2.68 bits per heavy atom. The Morgan fingerprint density at radius 1 is 1.11 bits per heavy atom. The zero-order valence-corrected chi connectivity index (χ0v) is 14.5. The van der Waals surface area contributed by atoms with Crippen LogP contribution in [0.3, 0.4) is 0 Å². The first-order valence-electron chi connectivity index (χ1n) is 8.12. The van der Waals surface area contributed by atoms with E-state index in [0.29, 0.717) is 22.8 Å². The number of alkyl halides is 2. The van der Waals surface area contributed by atoms with E-state index in [1.165, 1.54) is 11.0 Å². The first-order valence-corrected chi connectivity index (χ1v) is 8.12. The van der Waals surface area contributed by atoms with E-state index in [4.69, 9.17) is 9.15 Å². The summed E-state index contributed by atoms with van der Waals surface area (Å²) in [6, 6.07) is 10.7. The first-order chi connectivity index (χ1) is 13.6. The first kappa shape index (κ1) is 17.6. The number of para-hydroxylation sites is 1. The molecule has 0 N–H and O–H groups in total. The summed E-state index contributed by atoms with van der Waals surface area (Å²) in [7, 11) is 1.57. The highest BCUT2D eigenvalue weighted by atomic mass is 19.3. The van der Waals surface area contributed by atoms with Crippen LogP contribution in [-0.2, 0) is 6.54 Å². The average Bonchev–Trinajstić information content (AvgIpc) is 3.38. The van der Waals surface area contributed by atoms with Gasteiger partial charge in [-0.2, -0.15) is 13.6 Å². The number of hydrogen-bond acceptors (Lipinski definition) is 8. The number of halogens is 2. The third-order valence-electron chi connectivity index (χ3n) is 3.80. The van der Waals surface area contributed by atoms with Gasteiger partial charge in [-0.15, -0.1) is 20.4 Å². The van der Waals surface area contributed by atoms with Crippen molar-refractivity contribution in [1.82, 2.24) is 35.4 Å². The van der Waals surface area contributed by atoms with Crippen molar-refractivity contribution in [3.05, 3.63) is 54.2 Å². The molecule has 9 nitrogen and oxygen atoms in total. The topological polar surface area (TPSA) is 105 Å². The summed E-state index contributed by atoms with van der Waals surface area (Å²) in [5.41, 5.74) is 1.80. The van der Waals surface area contributed by atoms with Crippen LogP contribution in [0.1, 0.15) is 18.0 Å². The van der Waals surface area contributed by atoms with E-state index in [9.17, 15) is 8.78 Å². The molecule has 4 rings (SSSR count). The fourth-order valence-electron chi connectivity index (χ4n) is 2.48. The second-order valence-corrected chi connectivity index (χ2v) is 5.63. The number of methoxy groups -OCH3 is 1. The normalized spacial score (nSPS) is 11.1. The number of aromatic nitrogens is 7. The second kappa shape index (κ2) is 7.47. The SMILES string of the molecule is COc1ccccc1-c1nnn(Cc2ccc(-c3nnc(C(F)F)o3)cn2)n1. The summed E-state index contributed by atoms with van der Waals surface area (Å²) < 4.78 is 35.3. The molecule has 0 aliphatic heterocycles. The van der Waals surface area contributed by atoms with Crippen molar-refractivity contribution >= 4 is 0 Å². The van der Waals surface area contributed by atoms with Gasteiger partial charge in [-0.3, -0.25) is 4.98 Å². The molecule has 0 saturated carbocycles. The maximum absolute atomic E-state index is 12.5. The van der Waals surface area contributed by atoms with Gasteiger partial charge in [0.25, 0.3) is 5.89 Å². The van der Waals surface area contributed by atoms with Crippen molar-refractivity contribution in [2.45, 2.75) is 13.0 Å². The number of hydrogen-bond donors (Lipinski definition) is 0. The summed E-state index contributed by atoms with van der Waals surface area (Å²) in [6.45, 7) is 0.272. The predicted octanol–water partition coefficient (Wildman–Crippen LogP) is 2.78. The molecule has 0 amide bonds. The van der Waals surface area contributed by atoms with E-state index in [-0.39, 0.29) is 12.4 Å². The lowest BCUT2D eigenvalue weighted by Gasteiger charge is -2.03. The van der Waals surface area contributed by atoms with Gasteiger partial charge in [-0.1, -0.05) is 12.1 Å². The molecule has 11 heteroatoms. The molecule has 1 aromatic carbocycles. The zero-order valence-electron chi connectivity index (χ0n) is 14.5. The Bertz CT molecular complexity index is 1080. The minimum absolute atomic E-state index is 0.0216. The third-order valence-corrected chi connectivity index (χ3v) is 3.80.